The minimum absolute atomic E-state index is 0.281. The van der Waals surface area contributed by atoms with Crippen molar-refractivity contribution in [2.75, 3.05) is 19.5 Å². The lowest BCUT2D eigenvalue weighted by molar-refractivity contribution is -0.0230. The van der Waals surface area contributed by atoms with Crippen LogP contribution in [-0.2, 0) is 9.47 Å². The van der Waals surface area contributed by atoms with Crippen molar-refractivity contribution in [2.24, 2.45) is 0 Å². The zero-order chi connectivity index (χ0) is 15.1. The smallest absolute Gasteiger partial charge is 0.116 e. The van der Waals surface area contributed by atoms with Crippen molar-refractivity contribution in [1.82, 2.24) is 9.97 Å². The summed E-state index contributed by atoms with van der Waals surface area (Å²) in [7, 11) is 1.50. The number of aromatic nitrogens is 2. The van der Waals surface area contributed by atoms with E-state index < -0.39 is 24.4 Å². The van der Waals surface area contributed by atoms with Crippen LogP contribution >= 0.6 is 12.2 Å². The number of aromatic amines is 2. The van der Waals surface area contributed by atoms with Crippen LogP contribution in [-0.4, -0.2) is 52.2 Å². The van der Waals surface area contributed by atoms with Crippen LogP contribution in [0.15, 0.2) is 12.3 Å². The van der Waals surface area contributed by atoms with E-state index in [0.717, 1.165) is 16.5 Å². The molecule has 0 spiro atoms. The number of H-pyrrole nitrogens is 2. The third-order valence-corrected chi connectivity index (χ3v) is 4.16. The molecule has 1 saturated heterocycles. The second kappa shape index (κ2) is 5.39. The molecule has 0 bridgehead atoms. The zero-order valence-corrected chi connectivity index (χ0v) is 12.2. The molecule has 1 fully saturated rings. The maximum atomic E-state index is 10.1. The van der Waals surface area contributed by atoms with Gasteiger partial charge >= 0.3 is 0 Å². The lowest BCUT2D eigenvalue weighted by Crippen LogP contribution is -2.33. The van der Waals surface area contributed by atoms with E-state index in [-0.39, 0.29) is 6.61 Å². The molecule has 7 nitrogen and oxygen atoms in total. The van der Waals surface area contributed by atoms with E-state index in [0.29, 0.717) is 10.5 Å². The molecule has 0 aromatic carbocycles. The van der Waals surface area contributed by atoms with Gasteiger partial charge in [0.2, 0.25) is 0 Å². The van der Waals surface area contributed by atoms with Gasteiger partial charge in [-0.3, -0.25) is 0 Å². The van der Waals surface area contributed by atoms with Gasteiger partial charge in [-0.2, -0.15) is 0 Å². The topological polar surface area (TPSA) is 117 Å². The number of fused-ring (bicyclic) bond motifs is 1. The third-order valence-electron chi connectivity index (χ3n) is 3.83. The molecule has 4 atom stereocenters. The first kappa shape index (κ1) is 14.5. The van der Waals surface area contributed by atoms with Gasteiger partial charge in [-0.25, -0.2) is 0 Å². The Kier molecular flexibility index (Phi) is 3.72. The maximum absolute atomic E-state index is 10.1. The Morgan fingerprint density at radius 3 is 2.95 bits per heavy atom. The molecule has 1 aliphatic heterocycles. The largest absolute Gasteiger partial charge is 0.394 e. The number of nitrogens with one attached hydrogen (secondary N) is 2. The third kappa shape index (κ3) is 2.25. The normalized spacial score (nSPS) is 29.3. The standard InChI is InChI=1S/C13H17N3O4S/c1-19-12-10(18)7(4-17)20-11(12)6-3-15-13(21)5-2-8(14)16-9(5)6/h2-3,7,10-12,16-18H,4,14H2,1H3,(H,15,21)/t7-,10-,11+,12-/m1/s1. The summed E-state index contributed by atoms with van der Waals surface area (Å²) in [4.78, 5) is 6.03. The summed E-state index contributed by atoms with van der Waals surface area (Å²) in [6.07, 6.45) is -1.00. The van der Waals surface area contributed by atoms with Crippen LogP contribution in [0.25, 0.3) is 10.9 Å². The second-order valence-corrected chi connectivity index (χ2v) is 5.46. The number of nitrogens with two attached hydrogens (primary N) is 1. The van der Waals surface area contributed by atoms with Crippen LogP contribution < -0.4 is 5.73 Å². The van der Waals surface area contributed by atoms with Gasteiger partial charge in [-0.15, -0.1) is 0 Å². The highest BCUT2D eigenvalue weighted by atomic mass is 32.1. The van der Waals surface area contributed by atoms with Crippen molar-refractivity contribution in [3.8, 4) is 0 Å². The first-order valence-corrected chi connectivity index (χ1v) is 6.94. The first-order chi connectivity index (χ1) is 10.1. The molecule has 2 aromatic rings. The fraction of sp³-hybridized carbons (Fsp3) is 0.462. The molecule has 1 aliphatic rings. The molecule has 114 valence electrons. The molecule has 0 radical (unpaired) electrons. The van der Waals surface area contributed by atoms with Crippen LogP contribution in [0.4, 0.5) is 5.82 Å². The van der Waals surface area contributed by atoms with Gasteiger partial charge in [-0.05, 0) is 6.07 Å². The molecule has 3 rings (SSSR count). The van der Waals surface area contributed by atoms with Crippen molar-refractivity contribution >= 4 is 28.9 Å². The highest BCUT2D eigenvalue weighted by Crippen LogP contribution is 2.38. The number of methoxy groups -OCH3 is 1. The number of ether oxygens (including phenoxy) is 2. The summed E-state index contributed by atoms with van der Waals surface area (Å²) in [6, 6.07) is 1.74. The van der Waals surface area contributed by atoms with E-state index in [1.165, 1.54) is 7.11 Å². The quantitative estimate of drug-likeness (QED) is 0.531. The fourth-order valence-corrected chi connectivity index (χ4v) is 3.02. The van der Waals surface area contributed by atoms with E-state index in [1.54, 1.807) is 12.3 Å². The minimum Gasteiger partial charge on any atom is -0.394 e. The molecule has 0 aliphatic carbocycles. The van der Waals surface area contributed by atoms with Gasteiger partial charge in [0.05, 0.1) is 12.1 Å². The summed E-state index contributed by atoms with van der Waals surface area (Å²) in [6.45, 7) is -0.281. The van der Waals surface area contributed by atoms with Crippen molar-refractivity contribution in [3.05, 3.63) is 22.5 Å². The van der Waals surface area contributed by atoms with Gasteiger partial charge in [0, 0.05) is 24.3 Å². The van der Waals surface area contributed by atoms with Gasteiger partial charge < -0.3 is 35.4 Å². The van der Waals surface area contributed by atoms with Gasteiger partial charge in [0.1, 0.15) is 34.9 Å². The molecule has 8 heteroatoms. The van der Waals surface area contributed by atoms with E-state index in [9.17, 15) is 10.2 Å². The number of anilines is 1. The number of pyridine rings is 1. The van der Waals surface area contributed by atoms with E-state index in [1.807, 2.05) is 0 Å². The van der Waals surface area contributed by atoms with Gasteiger partial charge in [-0.1, -0.05) is 12.2 Å². The first-order valence-electron chi connectivity index (χ1n) is 6.53. The second-order valence-electron chi connectivity index (χ2n) is 5.06. The fourth-order valence-electron chi connectivity index (χ4n) is 2.80. The molecule has 0 saturated carbocycles. The number of nitrogen functional groups attached to an aromatic ring is 1. The number of hydrogen-bond donors (Lipinski definition) is 5. The predicted molar refractivity (Wildman–Crippen MR) is 79.4 cm³/mol. The highest BCUT2D eigenvalue weighted by molar-refractivity contribution is 7.71. The SMILES string of the molecule is CO[C@@H]1[C@H](O)[C@@H](CO)O[C@H]1c1c[nH]c(=S)c2cc(N)[nH]c12. The summed E-state index contributed by atoms with van der Waals surface area (Å²) >= 11 is 5.24. The average molecular weight is 311 g/mol. The van der Waals surface area contributed by atoms with Crippen molar-refractivity contribution in [2.45, 2.75) is 24.4 Å². The number of aliphatic hydroxyl groups excluding tert-OH is 2. The van der Waals surface area contributed by atoms with E-state index in [2.05, 4.69) is 9.97 Å². The molecule has 2 aromatic heterocycles. The number of aliphatic hydroxyl groups is 2. The Labute approximate surface area is 125 Å². The molecule has 3 heterocycles. The number of rotatable bonds is 3. The molecule has 0 unspecified atom stereocenters. The Bertz CT molecular complexity index is 713. The van der Waals surface area contributed by atoms with Crippen LogP contribution in [0.2, 0.25) is 0 Å². The molecule has 21 heavy (non-hydrogen) atoms. The number of hydrogen-bond acceptors (Lipinski definition) is 6. The summed E-state index contributed by atoms with van der Waals surface area (Å²) in [5, 5.41) is 20.2. The summed E-state index contributed by atoms with van der Waals surface area (Å²) in [5.74, 6) is 0.489. The summed E-state index contributed by atoms with van der Waals surface area (Å²) < 4.78 is 11.6. The van der Waals surface area contributed by atoms with Crippen LogP contribution in [0.5, 0.6) is 0 Å². The lowest BCUT2D eigenvalue weighted by atomic mass is 10.0. The molecule has 6 N–H and O–H groups in total. The lowest BCUT2D eigenvalue weighted by Gasteiger charge is -2.19. The summed E-state index contributed by atoms with van der Waals surface area (Å²) in [5.41, 5.74) is 7.29. The molecular weight excluding hydrogens is 294 g/mol. The maximum Gasteiger partial charge on any atom is 0.116 e. The highest BCUT2D eigenvalue weighted by Gasteiger charge is 2.45. The minimum atomic E-state index is -0.907. The Morgan fingerprint density at radius 1 is 1.52 bits per heavy atom. The Balaban J connectivity index is 2.12. The van der Waals surface area contributed by atoms with Crippen molar-refractivity contribution in [1.29, 1.82) is 0 Å². The van der Waals surface area contributed by atoms with Crippen molar-refractivity contribution in [3.63, 3.8) is 0 Å². The van der Waals surface area contributed by atoms with Crippen molar-refractivity contribution < 1.29 is 19.7 Å². The van der Waals surface area contributed by atoms with Crippen LogP contribution in [0.1, 0.15) is 11.7 Å². The van der Waals surface area contributed by atoms with Gasteiger partial charge in [0.15, 0.2) is 0 Å². The van der Waals surface area contributed by atoms with E-state index in [4.69, 9.17) is 27.4 Å². The van der Waals surface area contributed by atoms with Gasteiger partial charge in [0.25, 0.3) is 0 Å². The zero-order valence-electron chi connectivity index (χ0n) is 11.4. The molecular formula is C13H17N3O4S. The monoisotopic (exact) mass is 311 g/mol. The van der Waals surface area contributed by atoms with E-state index >= 15 is 0 Å². The average Bonchev–Trinajstić information content (AvgIpc) is 3.00. The Hall–Kier alpha value is -1.45. The Morgan fingerprint density at radius 2 is 2.29 bits per heavy atom. The van der Waals surface area contributed by atoms with Crippen LogP contribution in [0, 0.1) is 4.64 Å². The predicted octanol–water partition coefficient (Wildman–Crippen LogP) is 0.616. The van der Waals surface area contributed by atoms with Crippen LogP contribution in [0.3, 0.4) is 0 Å². The molecule has 0 amide bonds.